The monoisotopic (exact) mass is 479 g/mol. The first kappa shape index (κ1) is 17.7. The molecule has 0 fully saturated rings. The summed E-state index contributed by atoms with van der Waals surface area (Å²) < 4.78 is 2.53. The van der Waals surface area contributed by atoms with Crippen molar-refractivity contribution in [3.8, 4) is 0 Å². The summed E-state index contributed by atoms with van der Waals surface area (Å²) in [4.78, 5) is 31.9. The normalized spacial score (nSPS) is 13.6. The Morgan fingerprint density at radius 1 is 1.35 bits per heavy atom. The largest absolute Gasteiger partial charge is 0.324 e. The van der Waals surface area contributed by atoms with Gasteiger partial charge in [0.15, 0.2) is 0 Å². The lowest BCUT2D eigenvalue weighted by molar-refractivity contribution is -0.116. The summed E-state index contributed by atoms with van der Waals surface area (Å²) >= 11 is 3.86. The third-order valence-corrected chi connectivity index (χ3v) is 6.59. The zero-order valence-electron chi connectivity index (χ0n) is 14.3. The Kier molecular flexibility index (Phi) is 4.83. The lowest BCUT2D eigenvalue weighted by atomic mass is 9.97. The number of carbonyl (C=O) groups is 1. The van der Waals surface area contributed by atoms with Crippen molar-refractivity contribution < 1.29 is 4.79 Å². The van der Waals surface area contributed by atoms with E-state index in [2.05, 4.69) is 32.9 Å². The topological polar surface area (TPSA) is 64.0 Å². The molecule has 0 radical (unpaired) electrons. The Bertz CT molecular complexity index is 1070. The van der Waals surface area contributed by atoms with Crippen LogP contribution in [0, 0.1) is 10.5 Å². The molecule has 0 atom stereocenters. The zero-order chi connectivity index (χ0) is 18.3. The van der Waals surface area contributed by atoms with E-state index in [-0.39, 0.29) is 18.0 Å². The predicted molar refractivity (Wildman–Crippen MR) is 113 cm³/mol. The van der Waals surface area contributed by atoms with Gasteiger partial charge in [-0.3, -0.25) is 14.2 Å². The van der Waals surface area contributed by atoms with E-state index < -0.39 is 0 Å². The number of carbonyl (C=O) groups excluding carboxylic acids is 1. The molecule has 1 aliphatic rings. The van der Waals surface area contributed by atoms with Crippen LogP contribution in [0.25, 0.3) is 10.2 Å². The molecule has 134 valence electrons. The number of hydrogen-bond acceptors (Lipinski definition) is 4. The molecule has 2 aromatic heterocycles. The number of nitrogens with zero attached hydrogens (tertiary/aromatic N) is 2. The highest BCUT2D eigenvalue weighted by Gasteiger charge is 2.20. The average Bonchev–Trinajstić information content (AvgIpc) is 2.99. The second-order valence-corrected chi connectivity index (χ2v) is 8.91. The van der Waals surface area contributed by atoms with Gasteiger partial charge in [-0.2, -0.15) is 0 Å². The van der Waals surface area contributed by atoms with Gasteiger partial charge < -0.3 is 5.32 Å². The molecule has 1 aromatic carbocycles. The Morgan fingerprint density at radius 2 is 2.15 bits per heavy atom. The van der Waals surface area contributed by atoms with Gasteiger partial charge in [-0.25, -0.2) is 4.98 Å². The highest BCUT2D eigenvalue weighted by molar-refractivity contribution is 14.1. The van der Waals surface area contributed by atoms with Gasteiger partial charge in [0.25, 0.3) is 5.56 Å². The number of thiophene rings is 1. The Balaban J connectivity index is 1.61. The fourth-order valence-electron chi connectivity index (χ4n) is 3.41. The van der Waals surface area contributed by atoms with Crippen LogP contribution >= 0.6 is 33.9 Å². The molecule has 7 heteroatoms. The molecule has 26 heavy (non-hydrogen) atoms. The number of anilines is 1. The maximum Gasteiger partial charge on any atom is 0.262 e. The molecular formula is C19H18IN3O2S. The Hall–Kier alpha value is -1.74. The number of benzene rings is 1. The number of nitrogens with one attached hydrogen (secondary N) is 1. The van der Waals surface area contributed by atoms with Crippen LogP contribution in [-0.2, 0) is 24.2 Å². The van der Waals surface area contributed by atoms with Gasteiger partial charge in [0, 0.05) is 14.1 Å². The van der Waals surface area contributed by atoms with Crippen molar-refractivity contribution in [2.24, 2.45) is 0 Å². The second kappa shape index (κ2) is 7.11. The summed E-state index contributed by atoms with van der Waals surface area (Å²) in [6.07, 6.45) is 5.74. The van der Waals surface area contributed by atoms with Crippen molar-refractivity contribution >= 4 is 55.7 Å². The van der Waals surface area contributed by atoms with Crippen LogP contribution < -0.4 is 10.9 Å². The smallest absolute Gasteiger partial charge is 0.262 e. The third-order valence-electron chi connectivity index (χ3n) is 4.72. The van der Waals surface area contributed by atoms with Gasteiger partial charge in [-0.15, -0.1) is 11.3 Å². The van der Waals surface area contributed by atoms with Crippen molar-refractivity contribution in [2.75, 3.05) is 5.32 Å². The fraction of sp³-hybridized carbons (Fsp3) is 0.316. The summed E-state index contributed by atoms with van der Waals surface area (Å²) in [5.74, 6) is -0.221. The van der Waals surface area contributed by atoms with Crippen molar-refractivity contribution in [3.63, 3.8) is 0 Å². The van der Waals surface area contributed by atoms with Gasteiger partial charge in [0.1, 0.15) is 11.4 Å². The molecular weight excluding hydrogens is 461 g/mol. The van der Waals surface area contributed by atoms with Crippen LogP contribution in [0.3, 0.4) is 0 Å². The van der Waals surface area contributed by atoms with E-state index in [1.165, 1.54) is 22.2 Å². The third kappa shape index (κ3) is 3.29. The lowest BCUT2D eigenvalue weighted by Crippen LogP contribution is -2.28. The average molecular weight is 479 g/mol. The Labute approximate surface area is 168 Å². The molecule has 0 spiro atoms. The number of aromatic nitrogens is 2. The number of fused-ring (bicyclic) bond motifs is 3. The first-order chi connectivity index (χ1) is 12.5. The molecule has 0 bridgehead atoms. The minimum Gasteiger partial charge on any atom is -0.324 e. The maximum absolute atomic E-state index is 12.9. The van der Waals surface area contributed by atoms with E-state index in [1.807, 2.05) is 25.1 Å². The molecule has 0 saturated heterocycles. The highest BCUT2D eigenvalue weighted by atomic mass is 127. The van der Waals surface area contributed by atoms with Crippen LogP contribution in [0.1, 0.15) is 28.8 Å². The van der Waals surface area contributed by atoms with Gasteiger partial charge in [0.05, 0.1) is 11.7 Å². The van der Waals surface area contributed by atoms with Gasteiger partial charge in [0.2, 0.25) is 5.91 Å². The Morgan fingerprint density at radius 3 is 2.96 bits per heavy atom. The summed E-state index contributed by atoms with van der Waals surface area (Å²) in [6, 6.07) is 5.84. The van der Waals surface area contributed by atoms with Gasteiger partial charge in [-0.05, 0) is 84.5 Å². The van der Waals surface area contributed by atoms with Crippen LogP contribution in [0.5, 0.6) is 0 Å². The summed E-state index contributed by atoms with van der Waals surface area (Å²) in [5, 5.41) is 3.60. The van der Waals surface area contributed by atoms with E-state index in [0.29, 0.717) is 5.39 Å². The molecule has 1 amide bonds. The molecule has 0 saturated carbocycles. The molecule has 0 aliphatic heterocycles. The van der Waals surface area contributed by atoms with Gasteiger partial charge >= 0.3 is 0 Å². The molecule has 1 N–H and O–H groups in total. The number of halogens is 1. The van der Waals surface area contributed by atoms with E-state index in [4.69, 9.17) is 0 Å². The molecule has 4 rings (SSSR count). The van der Waals surface area contributed by atoms with Crippen LogP contribution in [-0.4, -0.2) is 15.5 Å². The molecule has 5 nitrogen and oxygen atoms in total. The zero-order valence-corrected chi connectivity index (χ0v) is 17.3. The molecule has 3 aromatic rings. The molecule has 1 aliphatic carbocycles. The van der Waals surface area contributed by atoms with E-state index in [0.717, 1.165) is 44.5 Å². The van der Waals surface area contributed by atoms with E-state index in [1.54, 1.807) is 11.3 Å². The number of amides is 1. The summed E-state index contributed by atoms with van der Waals surface area (Å²) in [6.45, 7) is 1.92. The first-order valence-corrected chi connectivity index (χ1v) is 10.5. The highest BCUT2D eigenvalue weighted by Crippen LogP contribution is 2.33. The van der Waals surface area contributed by atoms with Crippen molar-refractivity contribution in [3.05, 3.63) is 54.5 Å². The van der Waals surface area contributed by atoms with Crippen molar-refractivity contribution in [1.82, 2.24) is 9.55 Å². The van der Waals surface area contributed by atoms with Crippen LogP contribution in [0.4, 0.5) is 5.69 Å². The maximum atomic E-state index is 12.9. The number of aryl methyl sites for hydroxylation is 3. The van der Waals surface area contributed by atoms with Crippen molar-refractivity contribution in [2.45, 2.75) is 39.2 Å². The minimum atomic E-state index is -0.221. The quantitative estimate of drug-likeness (QED) is 0.580. The van der Waals surface area contributed by atoms with Crippen molar-refractivity contribution in [1.29, 1.82) is 0 Å². The minimum absolute atomic E-state index is 0.0299. The van der Waals surface area contributed by atoms with Crippen LogP contribution in [0.2, 0.25) is 0 Å². The second-order valence-electron chi connectivity index (χ2n) is 6.58. The SMILES string of the molecule is Cc1cc(I)ccc1NC(=O)Cn1cnc2sc3c(c2c1=O)CCCC3. The molecule has 2 heterocycles. The predicted octanol–water partition coefficient (Wildman–Crippen LogP) is 3.89. The number of rotatable bonds is 3. The fourth-order valence-corrected chi connectivity index (χ4v) is 5.27. The first-order valence-electron chi connectivity index (χ1n) is 8.58. The summed E-state index contributed by atoms with van der Waals surface area (Å²) in [5.41, 5.74) is 2.81. The number of hydrogen-bond donors (Lipinski definition) is 1. The molecule has 0 unspecified atom stereocenters. The van der Waals surface area contributed by atoms with Gasteiger partial charge in [-0.1, -0.05) is 0 Å². The van der Waals surface area contributed by atoms with E-state index >= 15 is 0 Å². The standard InChI is InChI=1S/C19H18IN3O2S/c1-11-8-12(20)6-7-14(11)22-16(24)9-23-10-21-18-17(19(23)25)13-4-2-3-5-15(13)26-18/h6-8,10H,2-5,9H2,1H3,(H,22,24). The van der Waals surface area contributed by atoms with Crippen LogP contribution in [0.15, 0.2) is 29.3 Å². The summed E-state index contributed by atoms with van der Waals surface area (Å²) in [7, 11) is 0. The lowest BCUT2D eigenvalue weighted by Gasteiger charge is -2.11. The van der Waals surface area contributed by atoms with E-state index in [9.17, 15) is 9.59 Å².